The number of benzene rings is 1. The summed E-state index contributed by atoms with van der Waals surface area (Å²) in [6.07, 6.45) is 4.19. The second-order valence-electron chi connectivity index (χ2n) is 4.78. The fourth-order valence-electron chi connectivity index (χ4n) is 2.36. The molecule has 0 amide bonds. The van der Waals surface area contributed by atoms with Crippen molar-refractivity contribution in [3.05, 3.63) is 29.8 Å². The maximum absolute atomic E-state index is 10.8. The van der Waals surface area contributed by atoms with E-state index in [4.69, 9.17) is 15.6 Å². The van der Waals surface area contributed by atoms with Crippen LogP contribution in [-0.4, -0.2) is 23.2 Å². The zero-order chi connectivity index (χ0) is 13.0. The van der Waals surface area contributed by atoms with Crippen molar-refractivity contribution in [2.24, 2.45) is 5.73 Å². The molecule has 0 heterocycles. The molecule has 2 atom stereocenters. The maximum atomic E-state index is 10.8. The van der Waals surface area contributed by atoms with Crippen LogP contribution in [0.2, 0.25) is 0 Å². The van der Waals surface area contributed by atoms with Gasteiger partial charge in [-0.15, -0.1) is 0 Å². The molecule has 1 aliphatic carbocycles. The van der Waals surface area contributed by atoms with Crippen LogP contribution in [0.5, 0.6) is 5.75 Å². The summed E-state index contributed by atoms with van der Waals surface area (Å²) in [5, 5.41) is 8.87. The minimum atomic E-state index is -0.848. The molecule has 4 nitrogen and oxygen atoms in total. The Morgan fingerprint density at radius 1 is 1.33 bits per heavy atom. The zero-order valence-electron chi connectivity index (χ0n) is 10.3. The van der Waals surface area contributed by atoms with Crippen molar-refractivity contribution in [3.8, 4) is 5.75 Å². The third kappa shape index (κ3) is 3.23. The van der Waals surface area contributed by atoms with Gasteiger partial charge in [0.05, 0.1) is 6.42 Å². The van der Waals surface area contributed by atoms with Crippen LogP contribution in [0, 0.1) is 0 Å². The largest absolute Gasteiger partial charge is 0.489 e. The average molecular weight is 249 g/mol. The molecule has 18 heavy (non-hydrogen) atoms. The van der Waals surface area contributed by atoms with Gasteiger partial charge in [-0.05, 0) is 25.3 Å². The number of rotatable bonds is 4. The Kier molecular flexibility index (Phi) is 4.20. The van der Waals surface area contributed by atoms with E-state index in [1.54, 1.807) is 6.07 Å². The minimum Gasteiger partial charge on any atom is -0.489 e. The van der Waals surface area contributed by atoms with Crippen LogP contribution in [0.15, 0.2) is 24.3 Å². The smallest absolute Gasteiger partial charge is 0.307 e. The standard InChI is InChI=1S/C14H19NO3/c15-11-6-2-4-8-13(11)18-12-7-3-1-5-10(12)9-14(16)17/h1,3,5,7,11,13H,2,4,6,8-9,15H2,(H,16,17). The summed E-state index contributed by atoms with van der Waals surface area (Å²) in [6.45, 7) is 0. The highest BCUT2D eigenvalue weighted by atomic mass is 16.5. The highest BCUT2D eigenvalue weighted by molar-refractivity contribution is 5.71. The Morgan fingerprint density at radius 3 is 2.78 bits per heavy atom. The van der Waals surface area contributed by atoms with E-state index in [2.05, 4.69) is 0 Å². The van der Waals surface area contributed by atoms with E-state index in [-0.39, 0.29) is 18.6 Å². The highest BCUT2D eigenvalue weighted by Crippen LogP contribution is 2.25. The lowest BCUT2D eigenvalue weighted by Gasteiger charge is -2.29. The molecular weight excluding hydrogens is 230 g/mol. The molecule has 0 spiro atoms. The Bertz CT molecular complexity index is 419. The number of carbonyl (C=O) groups is 1. The molecule has 1 aromatic rings. The fourth-order valence-corrected chi connectivity index (χ4v) is 2.36. The molecule has 0 radical (unpaired) electrons. The Balaban J connectivity index is 2.10. The second-order valence-corrected chi connectivity index (χ2v) is 4.78. The van der Waals surface area contributed by atoms with Crippen LogP contribution in [-0.2, 0) is 11.2 Å². The number of hydrogen-bond acceptors (Lipinski definition) is 3. The number of para-hydroxylation sites is 1. The van der Waals surface area contributed by atoms with Crippen molar-refractivity contribution in [3.63, 3.8) is 0 Å². The van der Waals surface area contributed by atoms with Gasteiger partial charge in [0.2, 0.25) is 0 Å². The van der Waals surface area contributed by atoms with Crippen molar-refractivity contribution in [1.29, 1.82) is 0 Å². The van der Waals surface area contributed by atoms with E-state index in [0.717, 1.165) is 25.7 Å². The fraction of sp³-hybridized carbons (Fsp3) is 0.500. The summed E-state index contributed by atoms with van der Waals surface area (Å²) in [4.78, 5) is 10.8. The van der Waals surface area contributed by atoms with E-state index in [1.165, 1.54) is 0 Å². The van der Waals surface area contributed by atoms with Gasteiger partial charge in [0.1, 0.15) is 11.9 Å². The van der Waals surface area contributed by atoms with Crippen molar-refractivity contribution in [2.75, 3.05) is 0 Å². The minimum absolute atomic E-state index is 0.00805. The molecule has 3 N–H and O–H groups in total. The van der Waals surface area contributed by atoms with E-state index < -0.39 is 5.97 Å². The summed E-state index contributed by atoms with van der Waals surface area (Å²) in [6, 6.07) is 7.34. The van der Waals surface area contributed by atoms with Gasteiger partial charge in [0.15, 0.2) is 0 Å². The molecule has 0 saturated heterocycles. The predicted octanol–water partition coefficient (Wildman–Crippen LogP) is 1.96. The van der Waals surface area contributed by atoms with E-state index in [9.17, 15) is 4.79 Å². The van der Waals surface area contributed by atoms with Gasteiger partial charge >= 0.3 is 5.97 Å². The molecule has 98 valence electrons. The summed E-state index contributed by atoms with van der Waals surface area (Å²) in [5.74, 6) is -0.193. The number of nitrogens with two attached hydrogens (primary N) is 1. The number of aliphatic carboxylic acids is 1. The van der Waals surface area contributed by atoms with E-state index in [1.807, 2.05) is 18.2 Å². The lowest BCUT2D eigenvalue weighted by molar-refractivity contribution is -0.136. The summed E-state index contributed by atoms with van der Waals surface area (Å²) in [5.41, 5.74) is 6.75. The Morgan fingerprint density at radius 2 is 2.06 bits per heavy atom. The Hall–Kier alpha value is -1.55. The first-order valence-corrected chi connectivity index (χ1v) is 6.39. The second kappa shape index (κ2) is 5.87. The lowest BCUT2D eigenvalue weighted by Crippen LogP contribution is -2.41. The first-order chi connectivity index (χ1) is 8.66. The van der Waals surface area contributed by atoms with Gasteiger partial charge in [0.25, 0.3) is 0 Å². The third-order valence-electron chi connectivity index (χ3n) is 3.35. The number of hydrogen-bond donors (Lipinski definition) is 2. The van der Waals surface area contributed by atoms with E-state index in [0.29, 0.717) is 11.3 Å². The van der Waals surface area contributed by atoms with Gasteiger partial charge in [-0.2, -0.15) is 0 Å². The molecule has 4 heteroatoms. The van der Waals surface area contributed by atoms with Crippen molar-refractivity contribution in [1.82, 2.24) is 0 Å². The van der Waals surface area contributed by atoms with Crippen LogP contribution >= 0.6 is 0 Å². The first kappa shape index (κ1) is 12.9. The molecule has 0 aliphatic heterocycles. The van der Waals surface area contributed by atoms with Crippen molar-refractivity contribution < 1.29 is 14.6 Å². The molecule has 1 aromatic carbocycles. The quantitative estimate of drug-likeness (QED) is 0.855. The normalized spacial score (nSPS) is 23.6. The number of carboxylic acid groups (broad SMARTS) is 1. The predicted molar refractivity (Wildman–Crippen MR) is 68.6 cm³/mol. The Labute approximate surface area is 107 Å². The van der Waals surface area contributed by atoms with E-state index >= 15 is 0 Å². The topological polar surface area (TPSA) is 72.5 Å². The molecule has 1 saturated carbocycles. The lowest BCUT2D eigenvalue weighted by atomic mass is 9.93. The monoisotopic (exact) mass is 249 g/mol. The molecule has 2 unspecified atom stereocenters. The van der Waals surface area contributed by atoms with Crippen molar-refractivity contribution >= 4 is 5.97 Å². The number of ether oxygens (including phenoxy) is 1. The zero-order valence-corrected chi connectivity index (χ0v) is 10.3. The SMILES string of the molecule is NC1CCCCC1Oc1ccccc1CC(=O)O. The van der Waals surface area contributed by atoms with Crippen LogP contribution < -0.4 is 10.5 Å². The summed E-state index contributed by atoms with van der Waals surface area (Å²) < 4.78 is 5.91. The van der Waals surface area contributed by atoms with Crippen LogP contribution in [0.25, 0.3) is 0 Å². The van der Waals surface area contributed by atoms with Gasteiger partial charge in [-0.3, -0.25) is 4.79 Å². The average Bonchev–Trinajstić information content (AvgIpc) is 2.34. The first-order valence-electron chi connectivity index (χ1n) is 6.39. The van der Waals surface area contributed by atoms with Crippen LogP contribution in [0.3, 0.4) is 0 Å². The molecule has 1 fully saturated rings. The molecule has 1 aliphatic rings. The third-order valence-corrected chi connectivity index (χ3v) is 3.35. The summed E-state index contributed by atoms with van der Waals surface area (Å²) >= 11 is 0. The van der Waals surface area contributed by atoms with Gasteiger partial charge < -0.3 is 15.6 Å². The maximum Gasteiger partial charge on any atom is 0.307 e. The van der Waals surface area contributed by atoms with Gasteiger partial charge in [-0.25, -0.2) is 0 Å². The number of carboxylic acids is 1. The van der Waals surface area contributed by atoms with Crippen LogP contribution in [0.4, 0.5) is 0 Å². The highest BCUT2D eigenvalue weighted by Gasteiger charge is 2.24. The summed E-state index contributed by atoms with van der Waals surface area (Å²) in [7, 11) is 0. The molecular formula is C14H19NO3. The van der Waals surface area contributed by atoms with Gasteiger partial charge in [0, 0.05) is 11.6 Å². The molecule has 0 bridgehead atoms. The van der Waals surface area contributed by atoms with Crippen molar-refractivity contribution in [2.45, 2.75) is 44.2 Å². The van der Waals surface area contributed by atoms with Gasteiger partial charge in [-0.1, -0.05) is 24.6 Å². The van der Waals surface area contributed by atoms with Crippen LogP contribution in [0.1, 0.15) is 31.2 Å². The molecule has 0 aromatic heterocycles. The molecule has 2 rings (SSSR count).